The smallest absolute Gasteiger partial charge is 0.130 e. The fourth-order valence-electron chi connectivity index (χ4n) is 0.702. The molecule has 1 rings (SSSR count). The third-order valence-corrected chi connectivity index (χ3v) is 1.86. The van der Waals surface area contributed by atoms with E-state index < -0.39 is 0 Å². The lowest BCUT2D eigenvalue weighted by atomic mass is 10.4. The number of hydrogen-bond acceptors (Lipinski definition) is 3. The highest BCUT2D eigenvalue weighted by Crippen LogP contribution is 2.06. The Balaban J connectivity index is 2.84. The van der Waals surface area contributed by atoms with Gasteiger partial charge in [0.2, 0.25) is 0 Å². The number of thiocarbonyl (C=S) groups is 1. The maximum atomic E-state index is 5.76. The second-order valence-electron chi connectivity index (χ2n) is 1.80. The van der Waals surface area contributed by atoms with E-state index in [0.29, 0.717) is 16.8 Å². The normalized spacial score (nSPS) is 18.0. The standard InChI is InChI=1S/C5H8ClN3S/c1-7-3-4(6)8-2-9-5(3)10/h7-8H,2H2,1H3,(H,9,10). The molecule has 0 saturated carbocycles. The van der Waals surface area contributed by atoms with Crippen molar-refractivity contribution < 1.29 is 0 Å². The summed E-state index contributed by atoms with van der Waals surface area (Å²) in [5.74, 6) is 0. The van der Waals surface area contributed by atoms with Crippen molar-refractivity contribution >= 4 is 28.8 Å². The molecule has 10 heavy (non-hydrogen) atoms. The Hall–Kier alpha value is -0.480. The van der Waals surface area contributed by atoms with E-state index in [1.165, 1.54) is 0 Å². The van der Waals surface area contributed by atoms with Crippen LogP contribution in [0, 0.1) is 0 Å². The Kier molecular flexibility index (Phi) is 2.34. The highest BCUT2D eigenvalue weighted by Gasteiger charge is 2.12. The lowest BCUT2D eigenvalue weighted by Crippen LogP contribution is -2.42. The van der Waals surface area contributed by atoms with Gasteiger partial charge in [0.1, 0.15) is 15.8 Å². The zero-order valence-electron chi connectivity index (χ0n) is 5.49. The quantitative estimate of drug-likeness (QED) is 0.392. The van der Waals surface area contributed by atoms with Crippen LogP contribution >= 0.6 is 23.8 Å². The van der Waals surface area contributed by atoms with Crippen LogP contribution in [0.4, 0.5) is 0 Å². The summed E-state index contributed by atoms with van der Waals surface area (Å²) >= 11 is 10.7. The molecule has 0 bridgehead atoms. The van der Waals surface area contributed by atoms with Crippen LogP contribution in [0.15, 0.2) is 10.9 Å². The van der Waals surface area contributed by atoms with Crippen LogP contribution in [-0.2, 0) is 0 Å². The molecule has 0 amide bonds. The lowest BCUT2D eigenvalue weighted by molar-refractivity contribution is 0.750. The van der Waals surface area contributed by atoms with Crippen LogP contribution in [0.3, 0.4) is 0 Å². The summed E-state index contributed by atoms with van der Waals surface area (Å²) in [7, 11) is 1.78. The number of hydrogen-bond donors (Lipinski definition) is 3. The van der Waals surface area contributed by atoms with Gasteiger partial charge in [-0.1, -0.05) is 23.8 Å². The summed E-state index contributed by atoms with van der Waals surface area (Å²) in [6.45, 7) is 0.600. The van der Waals surface area contributed by atoms with Gasteiger partial charge >= 0.3 is 0 Å². The molecule has 3 N–H and O–H groups in total. The van der Waals surface area contributed by atoms with Crippen LogP contribution in [0.2, 0.25) is 0 Å². The zero-order valence-corrected chi connectivity index (χ0v) is 7.07. The van der Waals surface area contributed by atoms with E-state index in [1.807, 2.05) is 0 Å². The van der Waals surface area contributed by atoms with E-state index in [9.17, 15) is 0 Å². The first-order valence-electron chi connectivity index (χ1n) is 2.85. The van der Waals surface area contributed by atoms with Gasteiger partial charge < -0.3 is 16.0 Å². The summed E-state index contributed by atoms with van der Waals surface area (Å²) in [5, 5.41) is 9.29. The maximum Gasteiger partial charge on any atom is 0.130 e. The second-order valence-corrected chi connectivity index (χ2v) is 2.58. The van der Waals surface area contributed by atoms with Crippen molar-refractivity contribution in [1.82, 2.24) is 16.0 Å². The highest BCUT2D eigenvalue weighted by molar-refractivity contribution is 7.80. The number of rotatable bonds is 1. The molecule has 0 saturated heterocycles. The van der Waals surface area contributed by atoms with Crippen molar-refractivity contribution in [3.63, 3.8) is 0 Å². The van der Waals surface area contributed by atoms with E-state index in [-0.39, 0.29) is 0 Å². The zero-order chi connectivity index (χ0) is 7.56. The van der Waals surface area contributed by atoms with Gasteiger partial charge in [0, 0.05) is 7.05 Å². The fraction of sp³-hybridized carbons (Fsp3) is 0.400. The minimum Gasteiger partial charge on any atom is -0.383 e. The first-order chi connectivity index (χ1) is 4.75. The van der Waals surface area contributed by atoms with Gasteiger partial charge in [0.05, 0.1) is 6.67 Å². The summed E-state index contributed by atoms with van der Waals surface area (Å²) < 4.78 is 0. The minimum absolute atomic E-state index is 0.575. The average Bonchev–Trinajstić information content (AvgIpc) is 1.88. The van der Waals surface area contributed by atoms with E-state index in [2.05, 4.69) is 16.0 Å². The molecule has 0 spiro atoms. The third kappa shape index (κ3) is 1.33. The van der Waals surface area contributed by atoms with Crippen LogP contribution in [-0.4, -0.2) is 18.7 Å². The van der Waals surface area contributed by atoms with Gasteiger partial charge in [-0.25, -0.2) is 0 Å². The Bertz CT molecular complexity index is 189. The van der Waals surface area contributed by atoms with Crippen molar-refractivity contribution in [2.24, 2.45) is 0 Å². The Morgan fingerprint density at radius 3 is 2.70 bits per heavy atom. The molecule has 5 heteroatoms. The van der Waals surface area contributed by atoms with Gasteiger partial charge in [0.15, 0.2) is 0 Å². The maximum absolute atomic E-state index is 5.76. The van der Waals surface area contributed by atoms with Crippen LogP contribution < -0.4 is 16.0 Å². The molecule has 1 heterocycles. The molecule has 0 aromatic heterocycles. The van der Waals surface area contributed by atoms with Gasteiger partial charge in [0.25, 0.3) is 0 Å². The monoisotopic (exact) mass is 177 g/mol. The predicted octanol–water partition coefficient (Wildman–Crippen LogP) is 0.0914. The van der Waals surface area contributed by atoms with Gasteiger partial charge in [-0.05, 0) is 0 Å². The molecule has 3 nitrogen and oxygen atoms in total. The van der Waals surface area contributed by atoms with Crippen molar-refractivity contribution in [1.29, 1.82) is 0 Å². The Labute approximate surface area is 69.8 Å². The Morgan fingerprint density at radius 1 is 1.60 bits per heavy atom. The number of likely N-dealkylation sites (N-methyl/N-ethyl adjacent to an activating group) is 1. The van der Waals surface area contributed by atoms with E-state index >= 15 is 0 Å². The van der Waals surface area contributed by atoms with Gasteiger partial charge in [-0.3, -0.25) is 0 Å². The van der Waals surface area contributed by atoms with E-state index in [1.54, 1.807) is 7.05 Å². The molecular weight excluding hydrogens is 170 g/mol. The van der Waals surface area contributed by atoms with Crippen LogP contribution in [0.25, 0.3) is 0 Å². The summed E-state index contributed by atoms with van der Waals surface area (Å²) in [4.78, 5) is 0.659. The molecule has 1 aliphatic heterocycles. The SMILES string of the molecule is CNC1=C(Cl)NCNC1=S. The molecule has 0 aliphatic carbocycles. The number of halogens is 1. The molecule has 0 fully saturated rings. The predicted molar refractivity (Wildman–Crippen MR) is 45.7 cm³/mol. The van der Waals surface area contributed by atoms with Crippen molar-refractivity contribution in [3.05, 3.63) is 10.9 Å². The van der Waals surface area contributed by atoms with Gasteiger partial charge in [-0.2, -0.15) is 0 Å². The molecule has 1 aliphatic rings. The third-order valence-electron chi connectivity index (χ3n) is 1.19. The lowest BCUT2D eigenvalue weighted by Gasteiger charge is -2.19. The Morgan fingerprint density at radius 2 is 2.30 bits per heavy atom. The van der Waals surface area contributed by atoms with Crippen molar-refractivity contribution in [2.45, 2.75) is 0 Å². The van der Waals surface area contributed by atoms with Crippen LogP contribution in [0.1, 0.15) is 0 Å². The largest absolute Gasteiger partial charge is 0.383 e. The van der Waals surface area contributed by atoms with Crippen LogP contribution in [0.5, 0.6) is 0 Å². The van der Waals surface area contributed by atoms with Crippen molar-refractivity contribution in [3.8, 4) is 0 Å². The highest BCUT2D eigenvalue weighted by atomic mass is 35.5. The molecule has 0 radical (unpaired) electrons. The van der Waals surface area contributed by atoms with E-state index in [4.69, 9.17) is 23.8 Å². The first kappa shape index (κ1) is 7.63. The average molecular weight is 178 g/mol. The minimum atomic E-state index is 0.575. The first-order valence-corrected chi connectivity index (χ1v) is 3.64. The number of nitrogens with one attached hydrogen (secondary N) is 3. The summed E-state index contributed by atoms with van der Waals surface area (Å²) in [6.07, 6.45) is 0. The summed E-state index contributed by atoms with van der Waals surface area (Å²) in [6, 6.07) is 0. The molecule has 0 aromatic rings. The van der Waals surface area contributed by atoms with Crippen molar-refractivity contribution in [2.75, 3.05) is 13.7 Å². The molecule has 0 aromatic carbocycles. The second kappa shape index (κ2) is 3.07. The molecule has 56 valence electrons. The molecule has 0 unspecified atom stereocenters. The topological polar surface area (TPSA) is 36.1 Å². The molecule has 0 atom stereocenters. The fourth-order valence-corrected chi connectivity index (χ4v) is 1.29. The molecular formula is C5H8ClN3S. The summed E-state index contributed by atoms with van der Waals surface area (Å²) in [5.41, 5.74) is 0.753. The van der Waals surface area contributed by atoms with Gasteiger partial charge in [-0.15, -0.1) is 0 Å². The van der Waals surface area contributed by atoms with E-state index in [0.717, 1.165) is 5.70 Å².